The molecule has 1 unspecified atom stereocenters. The van der Waals surface area contributed by atoms with Crippen LogP contribution in [0.15, 0.2) is 4.52 Å². The predicted molar refractivity (Wildman–Crippen MR) is 74.8 cm³/mol. The number of hydrogen-bond acceptors (Lipinski definition) is 5. The van der Waals surface area contributed by atoms with Crippen molar-refractivity contribution in [3.63, 3.8) is 0 Å². The summed E-state index contributed by atoms with van der Waals surface area (Å²) < 4.78 is 5.37. The fraction of sp³-hybridized carbons (Fsp3) is 0.857. The first-order valence-electron chi connectivity index (χ1n) is 7.35. The van der Waals surface area contributed by atoms with Gasteiger partial charge in [0.1, 0.15) is 0 Å². The molecule has 0 aromatic carbocycles. The molecular formula is C14H26N4O. The first-order valence-corrected chi connectivity index (χ1v) is 7.35. The molecule has 0 radical (unpaired) electrons. The largest absolute Gasteiger partial charge is 0.339 e. The zero-order chi connectivity index (χ0) is 13.9. The molecule has 108 valence electrons. The molecule has 0 saturated carbocycles. The highest BCUT2D eigenvalue weighted by molar-refractivity contribution is 5.02. The summed E-state index contributed by atoms with van der Waals surface area (Å²) in [4.78, 5) is 6.89. The molecule has 5 nitrogen and oxygen atoms in total. The summed E-state index contributed by atoms with van der Waals surface area (Å²) in [6, 6.07) is -0.150. The molecule has 5 heteroatoms. The Kier molecular flexibility index (Phi) is 4.58. The Morgan fingerprint density at radius 3 is 2.63 bits per heavy atom. The average Bonchev–Trinajstić information content (AvgIpc) is 2.90. The lowest BCUT2D eigenvalue weighted by Gasteiger charge is -2.27. The van der Waals surface area contributed by atoms with Crippen LogP contribution >= 0.6 is 0 Å². The van der Waals surface area contributed by atoms with Crippen LogP contribution in [0.5, 0.6) is 0 Å². The van der Waals surface area contributed by atoms with E-state index in [0.29, 0.717) is 11.7 Å². The van der Waals surface area contributed by atoms with Gasteiger partial charge in [0.05, 0.1) is 6.04 Å². The average molecular weight is 266 g/mol. The van der Waals surface area contributed by atoms with Crippen LogP contribution in [0.4, 0.5) is 0 Å². The van der Waals surface area contributed by atoms with Crippen LogP contribution in [0, 0.1) is 0 Å². The zero-order valence-electron chi connectivity index (χ0n) is 12.4. The van der Waals surface area contributed by atoms with Gasteiger partial charge in [-0.2, -0.15) is 4.98 Å². The summed E-state index contributed by atoms with van der Waals surface area (Å²) in [5, 5.41) is 4.06. The van der Waals surface area contributed by atoms with Gasteiger partial charge in [0, 0.05) is 12.0 Å². The van der Waals surface area contributed by atoms with Crippen LogP contribution in [-0.2, 0) is 5.41 Å². The number of likely N-dealkylation sites (tertiary alicyclic amines) is 1. The molecule has 19 heavy (non-hydrogen) atoms. The van der Waals surface area contributed by atoms with E-state index in [1.54, 1.807) is 0 Å². The summed E-state index contributed by atoms with van der Waals surface area (Å²) in [5.74, 6) is 1.33. The highest BCUT2D eigenvalue weighted by Crippen LogP contribution is 2.25. The van der Waals surface area contributed by atoms with E-state index in [1.807, 2.05) is 0 Å². The van der Waals surface area contributed by atoms with E-state index >= 15 is 0 Å². The third-order valence-corrected chi connectivity index (χ3v) is 4.14. The van der Waals surface area contributed by atoms with E-state index in [4.69, 9.17) is 10.3 Å². The SMILES string of the molecule is CCC(C)(C)c1nc(C(N)CN2CCCCC2)no1. The smallest absolute Gasteiger partial charge is 0.232 e. The highest BCUT2D eigenvalue weighted by Gasteiger charge is 2.27. The van der Waals surface area contributed by atoms with Crippen molar-refractivity contribution in [3.05, 3.63) is 11.7 Å². The molecule has 2 rings (SSSR count). The summed E-state index contributed by atoms with van der Waals surface area (Å²) in [5.41, 5.74) is 6.12. The fourth-order valence-corrected chi connectivity index (χ4v) is 2.31. The van der Waals surface area contributed by atoms with Crippen molar-refractivity contribution in [2.45, 2.75) is 57.9 Å². The molecule has 0 amide bonds. The van der Waals surface area contributed by atoms with Crippen molar-refractivity contribution in [1.82, 2.24) is 15.0 Å². The molecule has 0 aliphatic carbocycles. The fourth-order valence-electron chi connectivity index (χ4n) is 2.31. The minimum atomic E-state index is -0.150. The molecule has 1 aliphatic rings. The highest BCUT2D eigenvalue weighted by atomic mass is 16.5. The van der Waals surface area contributed by atoms with Crippen molar-refractivity contribution in [3.8, 4) is 0 Å². The predicted octanol–water partition coefficient (Wildman–Crippen LogP) is 2.24. The monoisotopic (exact) mass is 266 g/mol. The topological polar surface area (TPSA) is 68.2 Å². The second-order valence-corrected chi connectivity index (χ2v) is 6.16. The van der Waals surface area contributed by atoms with Crippen LogP contribution < -0.4 is 5.73 Å². The van der Waals surface area contributed by atoms with Crippen LogP contribution in [-0.4, -0.2) is 34.7 Å². The van der Waals surface area contributed by atoms with E-state index in [1.165, 1.54) is 19.3 Å². The molecule has 2 N–H and O–H groups in total. The minimum Gasteiger partial charge on any atom is -0.339 e. The number of piperidine rings is 1. The van der Waals surface area contributed by atoms with Crippen molar-refractivity contribution >= 4 is 0 Å². The number of nitrogens with two attached hydrogens (primary N) is 1. The van der Waals surface area contributed by atoms with Gasteiger partial charge in [-0.1, -0.05) is 32.3 Å². The molecule has 2 heterocycles. The van der Waals surface area contributed by atoms with Crippen molar-refractivity contribution < 1.29 is 4.52 Å². The Morgan fingerprint density at radius 1 is 1.32 bits per heavy atom. The zero-order valence-corrected chi connectivity index (χ0v) is 12.4. The van der Waals surface area contributed by atoms with Crippen molar-refractivity contribution in [1.29, 1.82) is 0 Å². The lowest BCUT2D eigenvalue weighted by atomic mass is 9.90. The van der Waals surface area contributed by atoms with Gasteiger partial charge in [0.25, 0.3) is 0 Å². The molecule has 1 fully saturated rings. The lowest BCUT2D eigenvalue weighted by Crippen LogP contribution is -2.36. The Morgan fingerprint density at radius 2 is 2.00 bits per heavy atom. The first-order chi connectivity index (χ1) is 9.03. The summed E-state index contributed by atoms with van der Waals surface area (Å²) >= 11 is 0. The maximum absolute atomic E-state index is 6.20. The molecule has 1 aliphatic heterocycles. The van der Waals surface area contributed by atoms with E-state index in [9.17, 15) is 0 Å². The number of hydrogen-bond donors (Lipinski definition) is 1. The van der Waals surface area contributed by atoms with Crippen LogP contribution in [0.1, 0.15) is 64.2 Å². The van der Waals surface area contributed by atoms with Gasteiger partial charge in [0.2, 0.25) is 5.89 Å². The van der Waals surface area contributed by atoms with Crippen LogP contribution in [0.3, 0.4) is 0 Å². The van der Waals surface area contributed by atoms with E-state index in [0.717, 1.165) is 26.1 Å². The quantitative estimate of drug-likeness (QED) is 0.885. The first kappa shape index (κ1) is 14.5. The maximum atomic E-state index is 6.20. The van der Waals surface area contributed by atoms with E-state index < -0.39 is 0 Å². The van der Waals surface area contributed by atoms with Gasteiger partial charge in [-0.05, 0) is 32.4 Å². The summed E-state index contributed by atoms with van der Waals surface area (Å²) in [7, 11) is 0. The van der Waals surface area contributed by atoms with Crippen molar-refractivity contribution in [2.24, 2.45) is 5.73 Å². The van der Waals surface area contributed by atoms with Gasteiger partial charge in [-0.25, -0.2) is 0 Å². The van der Waals surface area contributed by atoms with Gasteiger partial charge in [-0.3, -0.25) is 0 Å². The van der Waals surface area contributed by atoms with Gasteiger partial charge >= 0.3 is 0 Å². The molecule has 0 spiro atoms. The Balaban J connectivity index is 1.97. The number of nitrogens with zero attached hydrogens (tertiary/aromatic N) is 3. The summed E-state index contributed by atoms with van der Waals surface area (Å²) in [6.45, 7) is 9.45. The summed E-state index contributed by atoms with van der Waals surface area (Å²) in [6.07, 6.45) is 4.85. The van der Waals surface area contributed by atoms with Gasteiger partial charge < -0.3 is 15.2 Å². The number of aromatic nitrogens is 2. The lowest BCUT2D eigenvalue weighted by molar-refractivity contribution is 0.213. The Bertz CT molecular complexity index is 396. The molecule has 1 atom stereocenters. The Labute approximate surface area is 115 Å². The third kappa shape index (κ3) is 3.54. The standard InChI is InChI=1S/C14H26N4O/c1-4-14(2,3)13-16-12(17-19-13)11(15)10-18-8-6-5-7-9-18/h11H,4-10,15H2,1-3H3. The van der Waals surface area contributed by atoms with Gasteiger partial charge in [0.15, 0.2) is 5.82 Å². The Hall–Kier alpha value is -0.940. The second kappa shape index (κ2) is 6.01. The van der Waals surface area contributed by atoms with Crippen LogP contribution in [0.2, 0.25) is 0 Å². The molecule has 1 aromatic rings. The van der Waals surface area contributed by atoms with Crippen molar-refractivity contribution in [2.75, 3.05) is 19.6 Å². The third-order valence-electron chi connectivity index (χ3n) is 4.14. The normalized spacial score (nSPS) is 19.6. The molecule has 1 saturated heterocycles. The van der Waals surface area contributed by atoms with E-state index in [2.05, 4.69) is 35.8 Å². The maximum Gasteiger partial charge on any atom is 0.232 e. The van der Waals surface area contributed by atoms with E-state index in [-0.39, 0.29) is 11.5 Å². The molecule has 1 aromatic heterocycles. The number of rotatable bonds is 5. The van der Waals surface area contributed by atoms with Gasteiger partial charge in [-0.15, -0.1) is 0 Å². The second-order valence-electron chi connectivity index (χ2n) is 6.16. The molecular weight excluding hydrogens is 240 g/mol. The minimum absolute atomic E-state index is 0.0733. The molecule has 0 bridgehead atoms. The van der Waals surface area contributed by atoms with Crippen LogP contribution in [0.25, 0.3) is 0 Å².